The van der Waals surface area contributed by atoms with Crippen LogP contribution in [0.2, 0.25) is 5.02 Å². The minimum atomic E-state index is -0.845. The van der Waals surface area contributed by atoms with Crippen molar-refractivity contribution in [2.75, 3.05) is 5.32 Å². The molecule has 0 spiro atoms. The molecular formula is C21H27ClN6O3. The molecule has 0 saturated carbocycles. The van der Waals surface area contributed by atoms with Gasteiger partial charge in [-0.25, -0.2) is 4.68 Å². The number of aryl methyl sites for hydroxylation is 1. The third-order valence-corrected chi connectivity index (χ3v) is 5.41. The Balaban J connectivity index is 1.70. The third-order valence-electron chi connectivity index (χ3n) is 5.04. The van der Waals surface area contributed by atoms with Crippen molar-refractivity contribution in [3.05, 3.63) is 46.6 Å². The van der Waals surface area contributed by atoms with E-state index in [2.05, 4.69) is 26.4 Å². The SMILES string of the molecule is Cc1cc(NC(=O)C(=O)NCc2ccccc2Cl)n(C2NC(=O)CC(C(C)(C)C)N2)n1. The largest absolute Gasteiger partial charge is 0.344 e. The number of benzene rings is 1. The zero-order chi connectivity index (χ0) is 22.8. The predicted molar refractivity (Wildman–Crippen MR) is 117 cm³/mol. The van der Waals surface area contributed by atoms with Crippen LogP contribution in [0.3, 0.4) is 0 Å². The van der Waals surface area contributed by atoms with Crippen molar-refractivity contribution in [2.24, 2.45) is 5.41 Å². The molecule has 1 aliphatic rings. The van der Waals surface area contributed by atoms with Gasteiger partial charge in [0, 0.05) is 30.1 Å². The van der Waals surface area contributed by atoms with Crippen molar-refractivity contribution in [2.45, 2.75) is 53.0 Å². The van der Waals surface area contributed by atoms with Crippen molar-refractivity contribution in [3.8, 4) is 0 Å². The quantitative estimate of drug-likeness (QED) is 0.536. The van der Waals surface area contributed by atoms with E-state index in [9.17, 15) is 14.4 Å². The van der Waals surface area contributed by atoms with Gasteiger partial charge in [0.15, 0.2) is 6.29 Å². The maximum absolute atomic E-state index is 12.4. The van der Waals surface area contributed by atoms with E-state index in [1.165, 1.54) is 4.68 Å². The van der Waals surface area contributed by atoms with Crippen LogP contribution in [0, 0.1) is 12.3 Å². The molecule has 1 aliphatic heterocycles. The van der Waals surface area contributed by atoms with E-state index in [1.54, 1.807) is 37.3 Å². The fraction of sp³-hybridized carbons (Fsp3) is 0.429. The molecule has 1 aromatic carbocycles. The van der Waals surface area contributed by atoms with Crippen molar-refractivity contribution in [1.29, 1.82) is 0 Å². The highest BCUT2D eigenvalue weighted by Crippen LogP contribution is 2.27. The molecule has 10 heteroatoms. The Morgan fingerprint density at radius 3 is 2.65 bits per heavy atom. The normalized spacial score (nSPS) is 18.9. The molecule has 0 bridgehead atoms. The molecule has 0 aliphatic carbocycles. The fourth-order valence-corrected chi connectivity index (χ4v) is 3.46. The molecule has 9 nitrogen and oxygen atoms in total. The first-order chi connectivity index (χ1) is 14.5. The van der Waals surface area contributed by atoms with Crippen LogP contribution in [-0.4, -0.2) is 33.5 Å². The lowest BCUT2D eigenvalue weighted by atomic mass is 9.84. The van der Waals surface area contributed by atoms with E-state index in [-0.39, 0.29) is 23.9 Å². The summed E-state index contributed by atoms with van der Waals surface area (Å²) in [5.41, 5.74) is 1.18. The lowest BCUT2D eigenvalue weighted by Gasteiger charge is -2.39. The fourth-order valence-electron chi connectivity index (χ4n) is 3.25. The molecule has 1 fully saturated rings. The molecule has 0 radical (unpaired) electrons. The van der Waals surface area contributed by atoms with Gasteiger partial charge in [-0.1, -0.05) is 50.6 Å². The smallest absolute Gasteiger partial charge is 0.314 e. The number of rotatable bonds is 4. The monoisotopic (exact) mass is 446 g/mol. The van der Waals surface area contributed by atoms with Crippen LogP contribution < -0.4 is 21.3 Å². The number of nitrogens with zero attached hydrogens (tertiary/aromatic N) is 2. The van der Waals surface area contributed by atoms with Gasteiger partial charge in [0.25, 0.3) is 0 Å². The number of hydrogen-bond donors (Lipinski definition) is 4. The minimum absolute atomic E-state index is 0.0850. The molecule has 2 heterocycles. The summed E-state index contributed by atoms with van der Waals surface area (Å²) in [6.45, 7) is 8.01. The van der Waals surface area contributed by atoms with Gasteiger partial charge in [-0.3, -0.25) is 19.7 Å². The molecule has 2 unspecified atom stereocenters. The summed E-state index contributed by atoms with van der Waals surface area (Å²) in [4.78, 5) is 37.0. The number of amides is 3. The number of aromatic nitrogens is 2. The first-order valence-electron chi connectivity index (χ1n) is 9.99. The summed E-state index contributed by atoms with van der Waals surface area (Å²) in [5.74, 6) is -1.48. The number of nitrogens with one attached hydrogen (secondary N) is 4. The molecular weight excluding hydrogens is 420 g/mol. The molecule has 1 saturated heterocycles. The van der Waals surface area contributed by atoms with Gasteiger partial charge in [0.1, 0.15) is 5.82 Å². The second-order valence-corrected chi connectivity index (χ2v) is 9.01. The molecule has 31 heavy (non-hydrogen) atoms. The highest BCUT2D eigenvalue weighted by atomic mass is 35.5. The number of halogens is 1. The molecule has 4 N–H and O–H groups in total. The third kappa shape index (κ3) is 5.62. The van der Waals surface area contributed by atoms with Crippen LogP contribution in [0.25, 0.3) is 0 Å². The van der Waals surface area contributed by atoms with Gasteiger partial charge < -0.3 is 16.0 Å². The molecule has 166 valence electrons. The summed E-state index contributed by atoms with van der Waals surface area (Å²) in [5, 5.41) is 16.2. The Kier molecular flexibility index (Phi) is 6.66. The summed E-state index contributed by atoms with van der Waals surface area (Å²) in [6, 6.07) is 8.60. The Hall–Kier alpha value is -2.91. The van der Waals surface area contributed by atoms with Crippen LogP contribution in [0.1, 0.15) is 44.7 Å². The summed E-state index contributed by atoms with van der Waals surface area (Å²) >= 11 is 6.08. The molecule has 3 rings (SSSR count). The maximum atomic E-state index is 12.4. The Labute approximate surface area is 185 Å². The molecule has 2 atom stereocenters. The lowest BCUT2D eigenvalue weighted by Crippen LogP contribution is -2.57. The minimum Gasteiger partial charge on any atom is -0.344 e. The van der Waals surface area contributed by atoms with Gasteiger partial charge in [-0.15, -0.1) is 0 Å². The highest BCUT2D eigenvalue weighted by molar-refractivity contribution is 6.39. The topological polar surface area (TPSA) is 117 Å². The number of anilines is 1. The lowest BCUT2D eigenvalue weighted by molar-refractivity contribution is -0.136. The van der Waals surface area contributed by atoms with Crippen LogP contribution in [-0.2, 0) is 20.9 Å². The first-order valence-corrected chi connectivity index (χ1v) is 10.4. The Morgan fingerprint density at radius 1 is 1.26 bits per heavy atom. The van der Waals surface area contributed by atoms with Gasteiger partial charge in [-0.2, -0.15) is 5.10 Å². The number of carbonyl (C=O) groups excluding carboxylic acids is 3. The van der Waals surface area contributed by atoms with Crippen LogP contribution >= 0.6 is 11.6 Å². The van der Waals surface area contributed by atoms with Gasteiger partial charge in [0.2, 0.25) is 5.91 Å². The van der Waals surface area contributed by atoms with Crippen molar-refractivity contribution in [3.63, 3.8) is 0 Å². The standard InChI is InChI=1S/C21H27ClN6O3/c1-12-9-16(25-19(31)18(30)23-11-13-7-5-6-8-14(13)22)28(27-12)20-24-15(21(2,3)4)10-17(29)26-20/h5-9,15,20,24H,10-11H2,1-4H3,(H,23,30)(H,25,31)(H,26,29). The summed E-state index contributed by atoms with van der Waals surface area (Å²) < 4.78 is 1.46. The number of hydrogen-bond acceptors (Lipinski definition) is 5. The summed E-state index contributed by atoms with van der Waals surface area (Å²) in [6.07, 6.45) is -0.312. The van der Waals surface area contributed by atoms with Gasteiger partial charge >= 0.3 is 11.8 Å². The van der Waals surface area contributed by atoms with Crippen LogP contribution in [0.4, 0.5) is 5.82 Å². The highest BCUT2D eigenvalue weighted by Gasteiger charge is 2.35. The van der Waals surface area contributed by atoms with Crippen molar-refractivity contribution >= 4 is 35.1 Å². The zero-order valence-electron chi connectivity index (χ0n) is 18.0. The predicted octanol–water partition coefficient (Wildman–Crippen LogP) is 2.08. The van der Waals surface area contributed by atoms with E-state index >= 15 is 0 Å². The van der Waals surface area contributed by atoms with E-state index in [0.717, 1.165) is 0 Å². The van der Waals surface area contributed by atoms with Crippen LogP contribution in [0.15, 0.2) is 30.3 Å². The zero-order valence-corrected chi connectivity index (χ0v) is 18.7. The van der Waals surface area contributed by atoms with Gasteiger partial charge in [-0.05, 0) is 24.0 Å². The van der Waals surface area contributed by atoms with E-state index in [0.29, 0.717) is 28.5 Å². The molecule has 2 aromatic rings. The first kappa shape index (κ1) is 22.8. The second-order valence-electron chi connectivity index (χ2n) is 8.60. The van der Waals surface area contributed by atoms with Crippen molar-refractivity contribution < 1.29 is 14.4 Å². The average Bonchev–Trinajstić information content (AvgIpc) is 3.06. The Bertz CT molecular complexity index is 997. The van der Waals surface area contributed by atoms with E-state index < -0.39 is 18.1 Å². The maximum Gasteiger partial charge on any atom is 0.314 e. The van der Waals surface area contributed by atoms with E-state index in [1.807, 2.05) is 20.8 Å². The molecule has 3 amide bonds. The van der Waals surface area contributed by atoms with Gasteiger partial charge in [0.05, 0.1) is 5.69 Å². The summed E-state index contributed by atoms with van der Waals surface area (Å²) in [7, 11) is 0. The molecule has 1 aromatic heterocycles. The second kappa shape index (κ2) is 9.07. The average molecular weight is 447 g/mol. The van der Waals surface area contributed by atoms with E-state index in [4.69, 9.17) is 11.6 Å². The van der Waals surface area contributed by atoms with Crippen LogP contribution in [0.5, 0.6) is 0 Å². The Morgan fingerprint density at radius 2 is 1.97 bits per heavy atom. The number of carbonyl (C=O) groups is 3. The van der Waals surface area contributed by atoms with Crippen molar-refractivity contribution in [1.82, 2.24) is 25.7 Å².